The van der Waals surface area contributed by atoms with Gasteiger partial charge in [0.2, 0.25) is 5.91 Å². The third kappa shape index (κ3) is 2.79. The molecule has 1 saturated heterocycles. The van der Waals surface area contributed by atoms with Gasteiger partial charge < -0.3 is 14.6 Å². The third-order valence-corrected chi connectivity index (χ3v) is 5.85. The molecule has 0 spiro atoms. The van der Waals surface area contributed by atoms with Crippen molar-refractivity contribution in [3.63, 3.8) is 0 Å². The zero-order chi connectivity index (χ0) is 18.3. The summed E-state index contributed by atoms with van der Waals surface area (Å²) < 4.78 is 1.74. The van der Waals surface area contributed by atoms with Gasteiger partial charge in [-0.05, 0) is 37.3 Å². The van der Waals surface area contributed by atoms with E-state index in [1.165, 1.54) is 6.07 Å². The normalized spacial score (nSPS) is 25.2. The van der Waals surface area contributed by atoms with Crippen molar-refractivity contribution in [2.75, 3.05) is 0 Å². The van der Waals surface area contributed by atoms with E-state index in [0.717, 1.165) is 25.7 Å². The van der Waals surface area contributed by atoms with Crippen molar-refractivity contribution in [1.82, 2.24) is 9.47 Å². The van der Waals surface area contributed by atoms with Gasteiger partial charge in [-0.1, -0.05) is 25.0 Å². The maximum Gasteiger partial charge on any atom is 0.326 e. The number of carbonyl (C=O) groups is 2. The average molecular weight is 354 g/mol. The van der Waals surface area contributed by atoms with Crippen LogP contribution in [0.25, 0.3) is 10.9 Å². The molecule has 1 aliphatic heterocycles. The third-order valence-electron chi connectivity index (χ3n) is 5.85. The summed E-state index contributed by atoms with van der Waals surface area (Å²) in [5.41, 5.74) is 0.612. The van der Waals surface area contributed by atoms with Crippen LogP contribution >= 0.6 is 0 Å². The molecule has 2 fully saturated rings. The first-order chi connectivity index (χ1) is 12.6. The van der Waals surface area contributed by atoms with Crippen LogP contribution in [-0.2, 0) is 16.1 Å². The molecule has 1 aromatic carbocycles. The number of para-hydroxylation sites is 1. The molecule has 4 rings (SSSR count). The lowest BCUT2D eigenvalue weighted by Gasteiger charge is -2.33. The number of rotatable bonds is 3. The Morgan fingerprint density at radius 2 is 1.88 bits per heavy atom. The van der Waals surface area contributed by atoms with Gasteiger partial charge in [0.1, 0.15) is 12.6 Å². The van der Waals surface area contributed by atoms with Crippen LogP contribution in [0.3, 0.4) is 0 Å². The van der Waals surface area contributed by atoms with Gasteiger partial charge in [0.25, 0.3) is 0 Å². The first-order valence-electron chi connectivity index (χ1n) is 9.18. The van der Waals surface area contributed by atoms with Crippen LogP contribution < -0.4 is 5.43 Å². The zero-order valence-corrected chi connectivity index (χ0v) is 14.5. The number of fused-ring (bicyclic) bond motifs is 2. The minimum absolute atomic E-state index is 0.0306. The molecule has 3 unspecified atom stereocenters. The van der Waals surface area contributed by atoms with Gasteiger partial charge >= 0.3 is 5.97 Å². The molecular formula is C20H22N2O4. The molecule has 26 heavy (non-hydrogen) atoms. The van der Waals surface area contributed by atoms with E-state index in [1.807, 2.05) is 12.1 Å². The number of likely N-dealkylation sites (tertiary alicyclic amines) is 1. The van der Waals surface area contributed by atoms with Crippen LogP contribution in [0.4, 0.5) is 0 Å². The number of nitrogens with zero attached hydrogens (tertiary/aromatic N) is 2. The molecule has 0 bridgehead atoms. The minimum atomic E-state index is -0.919. The summed E-state index contributed by atoms with van der Waals surface area (Å²) in [5.74, 6) is -0.808. The zero-order valence-electron chi connectivity index (χ0n) is 14.5. The van der Waals surface area contributed by atoms with E-state index in [4.69, 9.17) is 0 Å². The summed E-state index contributed by atoms with van der Waals surface area (Å²) in [6.07, 6.45) is 6.20. The molecule has 1 aromatic heterocycles. The molecule has 1 amide bonds. The summed E-state index contributed by atoms with van der Waals surface area (Å²) in [7, 11) is 0. The van der Waals surface area contributed by atoms with Gasteiger partial charge in [-0.25, -0.2) is 4.79 Å². The molecule has 1 aliphatic carbocycles. The van der Waals surface area contributed by atoms with Crippen LogP contribution in [0, 0.1) is 5.92 Å². The van der Waals surface area contributed by atoms with Crippen LogP contribution in [0.1, 0.15) is 32.1 Å². The van der Waals surface area contributed by atoms with Gasteiger partial charge in [0, 0.05) is 23.7 Å². The molecule has 2 aromatic rings. The summed E-state index contributed by atoms with van der Waals surface area (Å²) in [6.45, 7) is 0.0494. The van der Waals surface area contributed by atoms with Gasteiger partial charge in [0.05, 0.1) is 5.52 Å². The van der Waals surface area contributed by atoms with Crippen molar-refractivity contribution in [3.05, 3.63) is 46.8 Å². The van der Waals surface area contributed by atoms with Gasteiger partial charge in [0.15, 0.2) is 5.43 Å². The van der Waals surface area contributed by atoms with Crippen molar-refractivity contribution in [2.24, 2.45) is 5.92 Å². The first kappa shape index (κ1) is 16.8. The lowest BCUT2D eigenvalue weighted by molar-refractivity contribution is -0.150. The molecule has 0 radical (unpaired) electrons. The predicted molar refractivity (Wildman–Crippen MR) is 96.8 cm³/mol. The summed E-state index contributed by atoms with van der Waals surface area (Å²) >= 11 is 0. The largest absolute Gasteiger partial charge is 0.480 e. The van der Waals surface area contributed by atoms with E-state index in [1.54, 1.807) is 27.8 Å². The Morgan fingerprint density at radius 3 is 2.69 bits per heavy atom. The fourth-order valence-electron chi connectivity index (χ4n) is 4.66. The highest BCUT2D eigenvalue weighted by Crippen LogP contribution is 2.40. The lowest BCUT2D eigenvalue weighted by Crippen LogP contribution is -2.47. The fourth-order valence-corrected chi connectivity index (χ4v) is 4.66. The number of aromatic nitrogens is 1. The number of hydrogen-bond donors (Lipinski definition) is 1. The quantitative estimate of drug-likeness (QED) is 0.917. The van der Waals surface area contributed by atoms with Crippen molar-refractivity contribution in [2.45, 2.75) is 50.7 Å². The fraction of sp³-hybridized carbons (Fsp3) is 0.450. The van der Waals surface area contributed by atoms with E-state index < -0.39 is 12.0 Å². The number of carbonyl (C=O) groups excluding carboxylic acids is 1. The standard InChI is InChI=1S/C20H22N2O4/c23-18-9-10-21(16-8-4-2-6-14(16)18)12-19(24)22-15-7-3-1-5-13(15)11-17(22)20(25)26/h2,4,6,8-10,13,15,17H,1,3,5,7,11-12H2,(H,25,26). The average Bonchev–Trinajstić information content (AvgIpc) is 3.04. The monoisotopic (exact) mass is 354 g/mol. The highest BCUT2D eigenvalue weighted by Gasteiger charge is 2.47. The number of aliphatic carboxylic acids is 1. The molecule has 6 heteroatoms. The Labute approximate surface area is 151 Å². The second-order valence-electron chi connectivity index (χ2n) is 7.33. The van der Waals surface area contributed by atoms with Crippen molar-refractivity contribution < 1.29 is 14.7 Å². The number of benzene rings is 1. The van der Waals surface area contributed by atoms with Crippen LogP contribution in [0.15, 0.2) is 41.3 Å². The van der Waals surface area contributed by atoms with E-state index in [-0.39, 0.29) is 23.9 Å². The molecule has 1 saturated carbocycles. The van der Waals surface area contributed by atoms with Crippen LogP contribution in [-0.4, -0.2) is 38.5 Å². The smallest absolute Gasteiger partial charge is 0.326 e. The van der Waals surface area contributed by atoms with Crippen molar-refractivity contribution in [1.29, 1.82) is 0 Å². The Morgan fingerprint density at radius 1 is 1.12 bits per heavy atom. The van der Waals surface area contributed by atoms with E-state index in [0.29, 0.717) is 23.2 Å². The minimum Gasteiger partial charge on any atom is -0.480 e. The van der Waals surface area contributed by atoms with Crippen molar-refractivity contribution >= 4 is 22.8 Å². The second kappa shape index (κ2) is 6.59. The van der Waals surface area contributed by atoms with E-state index >= 15 is 0 Å². The number of carboxylic acid groups (broad SMARTS) is 1. The van der Waals surface area contributed by atoms with Gasteiger partial charge in [-0.2, -0.15) is 0 Å². The number of carboxylic acids is 1. The SMILES string of the molecule is O=C(O)C1CC2CCCCC2N1C(=O)Cn1ccc(=O)c2ccccc21. The maximum atomic E-state index is 13.1. The number of pyridine rings is 1. The second-order valence-corrected chi connectivity index (χ2v) is 7.33. The molecule has 2 heterocycles. The molecule has 136 valence electrons. The Bertz CT molecular complexity index is 919. The van der Waals surface area contributed by atoms with Gasteiger partial charge in [-0.3, -0.25) is 9.59 Å². The molecule has 6 nitrogen and oxygen atoms in total. The van der Waals surface area contributed by atoms with E-state index in [2.05, 4.69) is 0 Å². The molecule has 2 aliphatic rings. The van der Waals surface area contributed by atoms with Crippen molar-refractivity contribution in [3.8, 4) is 0 Å². The van der Waals surface area contributed by atoms with E-state index in [9.17, 15) is 19.5 Å². The summed E-state index contributed by atoms with van der Waals surface area (Å²) in [5, 5.41) is 10.2. The van der Waals surface area contributed by atoms with Crippen LogP contribution in [0.2, 0.25) is 0 Å². The Hall–Kier alpha value is -2.63. The molecular weight excluding hydrogens is 332 g/mol. The maximum absolute atomic E-state index is 13.1. The Balaban J connectivity index is 1.66. The number of hydrogen-bond acceptors (Lipinski definition) is 3. The summed E-state index contributed by atoms with van der Waals surface area (Å²) in [6, 6.07) is 7.93. The predicted octanol–water partition coefficient (Wildman–Crippen LogP) is 2.25. The highest BCUT2D eigenvalue weighted by molar-refractivity contribution is 5.86. The highest BCUT2D eigenvalue weighted by atomic mass is 16.4. The first-order valence-corrected chi connectivity index (χ1v) is 9.18. The van der Waals surface area contributed by atoms with Crippen LogP contribution in [0.5, 0.6) is 0 Å². The molecule has 1 N–H and O–H groups in total. The Kier molecular flexibility index (Phi) is 4.26. The number of amides is 1. The topological polar surface area (TPSA) is 79.6 Å². The lowest BCUT2D eigenvalue weighted by atomic mass is 9.85. The summed E-state index contributed by atoms with van der Waals surface area (Å²) in [4.78, 5) is 38.4. The molecule has 3 atom stereocenters. The van der Waals surface area contributed by atoms with Gasteiger partial charge in [-0.15, -0.1) is 0 Å².